The largest absolute Gasteiger partial charge is 0.444 e. The second-order valence-electron chi connectivity index (χ2n) is 8.07. The van der Waals surface area contributed by atoms with Crippen molar-refractivity contribution in [3.63, 3.8) is 0 Å². The predicted molar refractivity (Wildman–Crippen MR) is 86.3 cm³/mol. The number of rotatable bonds is 1. The van der Waals surface area contributed by atoms with Crippen molar-refractivity contribution in [1.82, 2.24) is 4.90 Å². The topological polar surface area (TPSA) is 49.8 Å². The van der Waals surface area contributed by atoms with Crippen LogP contribution in [0.25, 0.3) is 0 Å². The lowest BCUT2D eigenvalue weighted by Crippen LogP contribution is -2.48. The third-order valence-electron chi connectivity index (χ3n) is 5.15. The highest BCUT2D eigenvalue weighted by atomic mass is 16.6. The zero-order valence-electron chi connectivity index (χ0n) is 14.2. The highest BCUT2D eigenvalue weighted by Gasteiger charge is 2.43. The van der Waals surface area contributed by atoms with Gasteiger partial charge in [0.25, 0.3) is 0 Å². The van der Waals surface area contributed by atoms with Gasteiger partial charge in [-0.25, -0.2) is 4.79 Å². The van der Waals surface area contributed by atoms with Crippen molar-refractivity contribution in [2.75, 3.05) is 13.1 Å². The number of piperidine rings is 1. The van der Waals surface area contributed by atoms with Crippen LogP contribution in [0.5, 0.6) is 0 Å². The van der Waals surface area contributed by atoms with Crippen LogP contribution in [-0.2, 0) is 4.74 Å². The van der Waals surface area contributed by atoms with Gasteiger partial charge in [-0.15, -0.1) is 12.3 Å². The third kappa shape index (κ3) is 4.16. The molecular formula is C18H29NO3. The summed E-state index contributed by atoms with van der Waals surface area (Å²) in [6, 6.07) is 0. The first-order valence-electron chi connectivity index (χ1n) is 8.31. The van der Waals surface area contributed by atoms with Crippen LogP contribution in [0, 0.1) is 17.8 Å². The molecule has 1 aliphatic heterocycles. The predicted octanol–water partition coefficient (Wildman–Crippen LogP) is 3.33. The second-order valence-corrected chi connectivity index (χ2v) is 8.07. The quantitative estimate of drug-likeness (QED) is 0.756. The van der Waals surface area contributed by atoms with Crippen LogP contribution < -0.4 is 0 Å². The molecule has 4 nitrogen and oxygen atoms in total. The molecule has 1 aliphatic carbocycles. The Hall–Kier alpha value is -1.21. The SMILES string of the molecule is C#CCC1(O)CCC2(CCN(C(=O)OC(C)(C)C)CC2)CC1. The van der Waals surface area contributed by atoms with E-state index < -0.39 is 11.2 Å². The Labute approximate surface area is 134 Å². The van der Waals surface area contributed by atoms with Crippen molar-refractivity contribution < 1.29 is 14.6 Å². The van der Waals surface area contributed by atoms with Gasteiger partial charge in [-0.2, -0.15) is 0 Å². The average Bonchev–Trinajstić information content (AvgIpc) is 2.42. The Morgan fingerprint density at radius 1 is 1.18 bits per heavy atom. The molecule has 1 heterocycles. The van der Waals surface area contributed by atoms with Gasteiger partial charge in [-0.05, 0) is 64.7 Å². The molecular weight excluding hydrogens is 278 g/mol. The lowest BCUT2D eigenvalue weighted by Gasteiger charge is -2.48. The lowest BCUT2D eigenvalue weighted by molar-refractivity contribution is -0.0512. The van der Waals surface area contributed by atoms with Gasteiger partial charge in [0.05, 0.1) is 5.60 Å². The lowest BCUT2D eigenvalue weighted by atomic mass is 9.63. The Kier molecular flexibility index (Phi) is 4.77. The second kappa shape index (κ2) is 6.12. The summed E-state index contributed by atoms with van der Waals surface area (Å²) in [7, 11) is 0. The number of likely N-dealkylation sites (tertiary alicyclic amines) is 1. The van der Waals surface area contributed by atoms with Gasteiger partial charge < -0.3 is 14.7 Å². The highest BCUT2D eigenvalue weighted by Crippen LogP contribution is 2.48. The summed E-state index contributed by atoms with van der Waals surface area (Å²) in [6.45, 7) is 7.18. The molecule has 1 amide bonds. The Morgan fingerprint density at radius 2 is 1.73 bits per heavy atom. The number of hydrogen-bond donors (Lipinski definition) is 1. The van der Waals surface area contributed by atoms with Gasteiger partial charge in [0, 0.05) is 19.5 Å². The van der Waals surface area contributed by atoms with E-state index >= 15 is 0 Å². The van der Waals surface area contributed by atoms with E-state index in [4.69, 9.17) is 11.2 Å². The van der Waals surface area contributed by atoms with Crippen molar-refractivity contribution in [2.45, 2.75) is 76.9 Å². The minimum absolute atomic E-state index is 0.206. The first-order valence-corrected chi connectivity index (χ1v) is 8.31. The number of nitrogens with zero attached hydrogens (tertiary/aromatic N) is 1. The normalized spacial score (nSPS) is 23.9. The molecule has 0 bridgehead atoms. The van der Waals surface area contributed by atoms with Gasteiger partial charge in [0.2, 0.25) is 0 Å². The number of terminal acetylenes is 1. The Balaban J connectivity index is 1.85. The fraction of sp³-hybridized carbons (Fsp3) is 0.833. The van der Waals surface area contributed by atoms with Crippen LogP contribution in [0.15, 0.2) is 0 Å². The molecule has 0 atom stereocenters. The number of aliphatic hydroxyl groups is 1. The van der Waals surface area contributed by atoms with Crippen LogP contribution in [0.4, 0.5) is 4.79 Å². The van der Waals surface area contributed by atoms with Gasteiger partial charge in [0.1, 0.15) is 5.60 Å². The molecule has 0 unspecified atom stereocenters. The summed E-state index contributed by atoms with van der Waals surface area (Å²) in [4.78, 5) is 13.9. The highest BCUT2D eigenvalue weighted by molar-refractivity contribution is 5.68. The minimum Gasteiger partial charge on any atom is -0.444 e. The van der Waals surface area contributed by atoms with Crippen LogP contribution in [0.1, 0.15) is 65.7 Å². The summed E-state index contributed by atoms with van der Waals surface area (Å²) >= 11 is 0. The van der Waals surface area contributed by atoms with Gasteiger partial charge in [-0.3, -0.25) is 0 Å². The number of carbonyl (C=O) groups is 1. The number of ether oxygens (including phenoxy) is 1. The first-order chi connectivity index (χ1) is 10.2. The van der Waals surface area contributed by atoms with E-state index in [-0.39, 0.29) is 11.5 Å². The fourth-order valence-corrected chi connectivity index (χ4v) is 3.60. The summed E-state index contributed by atoms with van der Waals surface area (Å²) < 4.78 is 5.44. The molecule has 2 aliphatic rings. The van der Waals surface area contributed by atoms with Crippen molar-refractivity contribution in [2.24, 2.45) is 5.41 Å². The molecule has 1 saturated heterocycles. The van der Waals surface area contributed by atoms with Gasteiger partial charge in [0.15, 0.2) is 0 Å². The van der Waals surface area contributed by atoms with Gasteiger partial charge in [-0.1, -0.05) is 0 Å². The van der Waals surface area contributed by atoms with Crippen molar-refractivity contribution in [1.29, 1.82) is 0 Å². The summed E-state index contributed by atoms with van der Waals surface area (Å²) in [6.07, 6.45) is 11.2. The van der Waals surface area contributed by atoms with Crippen molar-refractivity contribution >= 4 is 6.09 Å². The van der Waals surface area contributed by atoms with Crippen molar-refractivity contribution in [3.8, 4) is 12.3 Å². The molecule has 1 saturated carbocycles. The van der Waals surface area contributed by atoms with Crippen LogP contribution in [0.2, 0.25) is 0 Å². The van der Waals surface area contributed by atoms with Gasteiger partial charge >= 0.3 is 6.09 Å². The smallest absolute Gasteiger partial charge is 0.410 e. The monoisotopic (exact) mass is 307 g/mol. The molecule has 22 heavy (non-hydrogen) atoms. The van der Waals surface area contributed by atoms with E-state index in [2.05, 4.69) is 5.92 Å². The van der Waals surface area contributed by atoms with Crippen molar-refractivity contribution in [3.05, 3.63) is 0 Å². The molecule has 1 N–H and O–H groups in total. The molecule has 1 spiro atoms. The molecule has 2 fully saturated rings. The molecule has 4 heteroatoms. The van der Waals surface area contributed by atoms with E-state index in [1.165, 1.54) is 0 Å². The maximum atomic E-state index is 12.1. The van der Waals surface area contributed by atoms with E-state index in [0.717, 1.165) is 51.6 Å². The first kappa shape index (κ1) is 17.1. The molecule has 0 aromatic rings. The average molecular weight is 307 g/mol. The molecule has 124 valence electrons. The van der Waals surface area contributed by atoms with E-state index in [1.54, 1.807) is 0 Å². The molecule has 2 rings (SSSR count). The minimum atomic E-state index is -0.664. The van der Waals surface area contributed by atoms with Crippen LogP contribution in [0.3, 0.4) is 0 Å². The van der Waals surface area contributed by atoms with Crippen LogP contribution in [-0.4, -0.2) is 40.4 Å². The molecule has 0 aromatic heterocycles. The van der Waals surface area contributed by atoms with E-state index in [1.807, 2.05) is 25.7 Å². The Morgan fingerprint density at radius 3 is 2.18 bits per heavy atom. The maximum Gasteiger partial charge on any atom is 0.410 e. The zero-order valence-corrected chi connectivity index (χ0v) is 14.2. The zero-order chi connectivity index (χ0) is 16.4. The van der Waals surface area contributed by atoms with E-state index in [9.17, 15) is 9.90 Å². The Bertz CT molecular complexity index is 440. The molecule has 0 aromatic carbocycles. The number of amides is 1. The standard InChI is InChI=1S/C18H29NO3/c1-5-6-18(21)9-7-17(8-10-18)11-13-19(14-12-17)15(20)22-16(2,3)4/h1,21H,6-14H2,2-4H3. The molecule has 0 radical (unpaired) electrons. The fourth-order valence-electron chi connectivity index (χ4n) is 3.60. The van der Waals surface area contributed by atoms with E-state index in [0.29, 0.717) is 6.42 Å². The number of hydrogen-bond acceptors (Lipinski definition) is 3. The summed E-state index contributed by atoms with van der Waals surface area (Å²) in [5.74, 6) is 2.59. The maximum absolute atomic E-state index is 12.1. The number of carbonyl (C=O) groups excluding carboxylic acids is 1. The third-order valence-corrected chi connectivity index (χ3v) is 5.15. The summed E-state index contributed by atoms with van der Waals surface area (Å²) in [5.41, 5.74) is -0.829. The summed E-state index contributed by atoms with van der Waals surface area (Å²) in [5, 5.41) is 10.4. The van der Waals surface area contributed by atoms with Crippen LogP contribution >= 0.6 is 0 Å².